The Labute approximate surface area is 124 Å². The van der Waals surface area contributed by atoms with Crippen molar-refractivity contribution in [1.82, 2.24) is 10.2 Å². The van der Waals surface area contributed by atoms with Crippen LogP contribution in [0.15, 0.2) is 16.6 Å². The number of anilines is 1. The summed E-state index contributed by atoms with van der Waals surface area (Å²) in [4.78, 5) is 25.9. The molecule has 7 heteroatoms. The molecule has 1 heterocycles. The number of nitrogens with two attached hydrogens (primary N) is 1. The molecular weight excluding hydrogens is 329 g/mol. The molecule has 3 N–H and O–H groups in total. The predicted octanol–water partition coefficient (Wildman–Crippen LogP) is 1.52. The molecular formula is C13H15BrFN3O2. The summed E-state index contributed by atoms with van der Waals surface area (Å²) in [6.07, 6.45) is 0. The number of benzene rings is 1. The molecule has 1 aromatic carbocycles. The average molecular weight is 344 g/mol. The summed E-state index contributed by atoms with van der Waals surface area (Å²) in [5, 5.41) is 2.71. The fourth-order valence-electron chi connectivity index (χ4n) is 2.13. The zero-order valence-corrected chi connectivity index (χ0v) is 12.8. The number of halogens is 2. The lowest BCUT2D eigenvalue weighted by Crippen LogP contribution is -2.63. The number of carbonyl (C=O) groups is 2. The van der Waals surface area contributed by atoms with E-state index in [1.807, 2.05) is 0 Å². The summed E-state index contributed by atoms with van der Waals surface area (Å²) < 4.78 is 13.7. The van der Waals surface area contributed by atoms with Gasteiger partial charge in [-0.05, 0) is 41.9 Å². The first-order valence-corrected chi connectivity index (χ1v) is 6.89. The third-order valence-corrected chi connectivity index (χ3v) is 4.07. The third kappa shape index (κ3) is 2.37. The van der Waals surface area contributed by atoms with E-state index in [0.717, 1.165) is 6.07 Å². The maximum Gasteiger partial charge on any atom is 0.256 e. The molecule has 0 radical (unpaired) electrons. The van der Waals surface area contributed by atoms with Crippen LogP contribution in [0.4, 0.5) is 10.1 Å². The number of amides is 2. The summed E-state index contributed by atoms with van der Waals surface area (Å²) >= 11 is 3.16. The minimum Gasteiger partial charge on any atom is -0.396 e. The van der Waals surface area contributed by atoms with Crippen LogP contribution in [0.25, 0.3) is 0 Å². The van der Waals surface area contributed by atoms with E-state index in [1.165, 1.54) is 11.0 Å². The lowest BCUT2D eigenvalue weighted by molar-refractivity contribution is -0.133. The van der Waals surface area contributed by atoms with Gasteiger partial charge in [0.15, 0.2) is 0 Å². The molecule has 2 amide bonds. The molecule has 5 nitrogen and oxygen atoms in total. The number of carbonyl (C=O) groups excluding carboxylic acids is 2. The Morgan fingerprint density at radius 2 is 2.15 bits per heavy atom. The molecule has 0 aliphatic carbocycles. The van der Waals surface area contributed by atoms with E-state index in [2.05, 4.69) is 21.2 Å². The highest BCUT2D eigenvalue weighted by molar-refractivity contribution is 9.10. The van der Waals surface area contributed by atoms with Gasteiger partial charge in [0.1, 0.15) is 11.4 Å². The van der Waals surface area contributed by atoms with Gasteiger partial charge in [-0.25, -0.2) is 4.39 Å². The van der Waals surface area contributed by atoms with E-state index in [4.69, 9.17) is 5.73 Å². The Morgan fingerprint density at radius 1 is 1.50 bits per heavy atom. The largest absolute Gasteiger partial charge is 0.396 e. The molecule has 1 fully saturated rings. The van der Waals surface area contributed by atoms with Gasteiger partial charge in [-0.1, -0.05) is 0 Å². The van der Waals surface area contributed by atoms with Gasteiger partial charge in [0.25, 0.3) is 5.91 Å². The molecule has 1 aliphatic rings. The summed E-state index contributed by atoms with van der Waals surface area (Å²) in [7, 11) is 0. The highest BCUT2D eigenvalue weighted by atomic mass is 79.9. The van der Waals surface area contributed by atoms with E-state index in [9.17, 15) is 14.0 Å². The van der Waals surface area contributed by atoms with Crippen molar-refractivity contribution in [3.05, 3.63) is 28.0 Å². The monoisotopic (exact) mass is 343 g/mol. The molecule has 2 rings (SSSR count). The Kier molecular flexibility index (Phi) is 3.73. The molecule has 0 aromatic heterocycles. The van der Waals surface area contributed by atoms with Crippen LogP contribution in [0.1, 0.15) is 24.2 Å². The first-order chi connectivity index (χ1) is 9.25. The van der Waals surface area contributed by atoms with Gasteiger partial charge in [-0.2, -0.15) is 0 Å². The van der Waals surface area contributed by atoms with Crippen molar-refractivity contribution in [3.8, 4) is 0 Å². The summed E-state index contributed by atoms with van der Waals surface area (Å²) in [6.45, 7) is 4.12. The average Bonchev–Trinajstić information content (AvgIpc) is 2.36. The minimum absolute atomic E-state index is 0.101. The quantitative estimate of drug-likeness (QED) is 0.759. The summed E-state index contributed by atoms with van der Waals surface area (Å²) in [5.41, 5.74) is 4.69. The number of piperazine rings is 1. The highest BCUT2D eigenvalue weighted by Gasteiger charge is 2.41. The second-order valence-corrected chi connectivity index (χ2v) is 5.98. The predicted molar refractivity (Wildman–Crippen MR) is 76.6 cm³/mol. The van der Waals surface area contributed by atoms with E-state index < -0.39 is 11.4 Å². The number of nitrogens with one attached hydrogen (secondary N) is 1. The SMILES string of the molecule is CC1(C)C(=O)NCCN1C(=O)c1cc(N)c(F)cc1Br. The fourth-order valence-corrected chi connectivity index (χ4v) is 2.62. The second kappa shape index (κ2) is 5.05. The Bertz CT molecular complexity index is 589. The normalized spacial score (nSPS) is 17.8. The molecule has 0 saturated carbocycles. The van der Waals surface area contributed by atoms with Crippen LogP contribution in [-0.4, -0.2) is 35.3 Å². The zero-order valence-electron chi connectivity index (χ0n) is 11.2. The van der Waals surface area contributed by atoms with Crippen molar-refractivity contribution < 1.29 is 14.0 Å². The molecule has 0 bridgehead atoms. The van der Waals surface area contributed by atoms with Gasteiger partial charge >= 0.3 is 0 Å². The maximum absolute atomic E-state index is 13.3. The molecule has 1 aromatic rings. The topological polar surface area (TPSA) is 75.4 Å². The van der Waals surface area contributed by atoms with Crippen molar-refractivity contribution in [2.45, 2.75) is 19.4 Å². The number of rotatable bonds is 1. The van der Waals surface area contributed by atoms with Crippen molar-refractivity contribution in [3.63, 3.8) is 0 Å². The maximum atomic E-state index is 13.3. The molecule has 1 aliphatic heterocycles. The van der Waals surface area contributed by atoms with Gasteiger partial charge in [-0.3, -0.25) is 9.59 Å². The molecule has 1 saturated heterocycles. The first-order valence-electron chi connectivity index (χ1n) is 6.10. The number of hydrogen-bond acceptors (Lipinski definition) is 3. The van der Waals surface area contributed by atoms with Crippen molar-refractivity contribution in [1.29, 1.82) is 0 Å². The third-order valence-electron chi connectivity index (χ3n) is 3.41. The van der Waals surface area contributed by atoms with Crippen molar-refractivity contribution >= 4 is 33.4 Å². The second-order valence-electron chi connectivity index (χ2n) is 5.13. The van der Waals surface area contributed by atoms with Gasteiger partial charge in [-0.15, -0.1) is 0 Å². The van der Waals surface area contributed by atoms with E-state index in [1.54, 1.807) is 13.8 Å². The van der Waals surface area contributed by atoms with E-state index >= 15 is 0 Å². The van der Waals surface area contributed by atoms with Gasteiger partial charge in [0.2, 0.25) is 5.91 Å². The Balaban J connectivity index is 2.41. The van der Waals surface area contributed by atoms with Crippen LogP contribution < -0.4 is 11.1 Å². The van der Waals surface area contributed by atoms with E-state index in [-0.39, 0.29) is 23.1 Å². The Hall–Kier alpha value is -1.63. The highest BCUT2D eigenvalue weighted by Crippen LogP contribution is 2.27. The molecule has 0 unspecified atom stereocenters. The number of nitrogen functional groups attached to an aromatic ring is 1. The smallest absolute Gasteiger partial charge is 0.256 e. The van der Waals surface area contributed by atoms with Crippen molar-refractivity contribution in [2.75, 3.05) is 18.8 Å². The van der Waals surface area contributed by atoms with Crippen LogP contribution in [-0.2, 0) is 4.79 Å². The lowest BCUT2D eigenvalue weighted by atomic mass is 9.97. The number of hydrogen-bond donors (Lipinski definition) is 2. The minimum atomic E-state index is -0.960. The number of nitrogens with zero attached hydrogens (tertiary/aromatic N) is 1. The fraction of sp³-hybridized carbons (Fsp3) is 0.385. The molecule has 20 heavy (non-hydrogen) atoms. The molecule has 0 spiro atoms. The standard InChI is InChI=1S/C13H15BrFN3O2/c1-13(2)12(20)17-3-4-18(13)11(19)7-5-10(16)9(15)6-8(7)14/h5-6H,3-4,16H2,1-2H3,(H,17,20). The summed E-state index contributed by atoms with van der Waals surface area (Å²) in [5.74, 6) is -1.17. The van der Waals surface area contributed by atoms with Gasteiger partial charge in [0.05, 0.1) is 11.3 Å². The first kappa shape index (κ1) is 14.8. The van der Waals surface area contributed by atoms with Gasteiger partial charge in [0, 0.05) is 17.6 Å². The lowest BCUT2D eigenvalue weighted by Gasteiger charge is -2.41. The summed E-state index contributed by atoms with van der Waals surface area (Å²) in [6, 6.07) is 2.43. The van der Waals surface area contributed by atoms with Crippen LogP contribution >= 0.6 is 15.9 Å². The van der Waals surface area contributed by atoms with Crippen LogP contribution in [0, 0.1) is 5.82 Å². The zero-order chi connectivity index (χ0) is 15.1. The Morgan fingerprint density at radius 3 is 2.80 bits per heavy atom. The molecule has 108 valence electrons. The van der Waals surface area contributed by atoms with Gasteiger partial charge < -0.3 is 16.0 Å². The van der Waals surface area contributed by atoms with E-state index in [0.29, 0.717) is 17.6 Å². The van der Waals surface area contributed by atoms with Crippen LogP contribution in [0.2, 0.25) is 0 Å². The molecule has 0 atom stereocenters. The van der Waals surface area contributed by atoms with Crippen LogP contribution in [0.3, 0.4) is 0 Å². The van der Waals surface area contributed by atoms with Crippen LogP contribution in [0.5, 0.6) is 0 Å². The van der Waals surface area contributed by atoms with Crippen molar-refractivity contribution in [2.24, 2.45) is 0 Å².